The average Bonchev–Trinajstić information content (AvgIpc) is 2.47. The van der Waals surface area contributed by atoms with E-state index < -0.39 is 0 Å². The number of pyridine rings is 1. The molecular weight excluding hydrogens is 234 g/mol. The summed E-state index contributed by atoms with van der Waals surface area (Å²) < 4.78 is 0. The molecule has 2 heterocycles. The molecule has 0 unspecified atom stereocenters. The van der Waals surface area contributed by atoms with Gasteiger partial charge < -0.3 is 5.32 Å². The summed E-state index contributed by atoms with van der Waals surface area (Å²) in [5.74, 6) is 0. The molecule has 1 saturated heterocycles. The lowest BCUT2D eigenvalue weighted by Crippen LogP contribution is -2.42. The van der Waals surface area contributed by atoms with Crippen LogP contribution in [-0.2, 0) is 13.0 Å². The quantitative estimate of drug-likeness (QED) is 0.911. The highest BCUT2D eigenvalue weighted by Gasteiger charge is 2.10. The van der Waals surface area contributed by atoms with Crippen molar-refractivity contribution in [2.24, 2.45) is 0 Å². The summed E-state index contributed by atoms with van der Waals surface area (Å²) in [5, 5.41) is 6.01. The normalized spacial score (nSPS) is 16.9. The van der Waals surface area contributed by atoms with E-state index in [-0.39, 0.29) is 0 Å². The van der Waals surface area contributed by atoms with Crippen LogP contribution in [0.3, 0.4) is 0 Å². The van der Waals surface area contributed by atoms with Gasteiger partial charge in [-0.2, -0.15) is 0 Å². The first-order valence-corrected chi connectivity index (χ1v) is 7.15. The fourth-order valence-electron chi connectivity index (χ4n) is 2.80. The number of rotatable bonds is 3. The lowest BCUT2D eigenvalue weighted by Gasteiger charge is -2.27. The number of fused-ring (bicyclic) bond motifs is 1. The predicted octanol–water partition coefficient (Wildman–Crippen LogP) is 2.20. The van der Waals surface area contributed by atoms with Crippen LogP contribution in [0.15, 0.2) is 30.6 Å². The van der Waals surface area contributed by atoms with Crippen molar-refractivity contribution in [3.63, 3.8) is 0 Å². The average molecular weight is 255 g/mol. The van der Waals surface area contributed by atoms with Crippen molar-refractivity contribution >= 4 is 10.8 Å². The van der Waals surface area contributed by atoms with Gasteiger partial charge in [-0.1, -0.05) is 19.1 Å². The Balaban J connectivity index is 1.85. The molecule has 0 radical (unpaired) electrons. The third-order valence-electron chi connectivity index (χ3n) is 3.90. The van der Waals surface area contributed by atoms with E-state index in [0.717, 1.165) is 39.1 Å². The molecule has 0 bridgehead atoms. The van der Waals surface area contributed by atoms with Crippen LogP contribution in [0.25, 0.3) is 10.8 Å². The van der Waals surface area contributed by atoms with Gasteiger partial charge >= 0.3 is 0 Å². The summed E-state index contributed by atoms with van der Waals surface area (Å²) in [6, 6.07) is 6.82. The van der Waals surface area contributed by atoms with E-state index in [4.69, 9.17) is 0 Å². The molecule has 0 saturated carbocycles. The highest BCUT2D eigenvalue weighted by molar-refractivity contribution is 5.85. The third-order valence-corrected chi connectivity index (χ3v) is 3.90. The highest BCUT2D eigenvalue weighted by atomic mass is 15.2. The molecule has 100 valence electrons. The van der Waals surface area contributed by atoms with Crippen LogP contribution in [-0.4, -0.2) is 36.1 Å². The lowest BCUT2D eigenvalue weighted by atomic mass is 10.0. The Hall–Kier alpha value is -1.45. The van der Waals surface area contributed by atoms with Crippen LogP contribution < -0.4 is 5.32 Å². The Morgan fingerprint density at radius 2 is 2.05 bits per heavy atom. The van der Waals surface area contributed by atoms with Gasteiger partial charge in [0.05, 0.1) is 0 Å². The summed E-state index contributed by atoms with van der Waals surface area (Å²) in [4.78, 5) is 6.86. The minimum absolute atomic E-state index is 1.04. The maximum absolute atomic E-state index is 4.35. The zero-order valence-corrected chi connectivity index (χ0v) is 11.5. The summed E-state index contributed by atoms with van der Waals surface area (Å²) in [5.41, 5.74) is 2.73. The Morgan fingerprint density at radius 1 is 1.21 bits per heavy atom. The van der Waals surface area contributed by atoms with E-state index >= 15 is 0 Å². The Bertz CT molecular complexity index is 559. The van der Waals surface area contributed by atoms with Crippen LogP contribution in [0.5, 0.6) is 0 Å². The first-order chi connectivity index (χ1) is 9.36. The van der Waals surface area contributed by atoms with Gasteiger partial charge in [0, 0.05) is 50.5 Å². The molecule has 1 aromatic carbocycles. The van der Waals surface area contributed by atoms with Crippen molar-refractivity contribution in [1.82, 2.24) is 15.2 Å². The van der Waals surface area contributed by atoms with E-state index in [1.165, 1.54) is 21.9 Å². The Kier molecular flexibility index (Phi) is 3.76. The van der Waals surface area contributed by atoms with Crippen LogP contribution in [0.4, 0.5) is 0 Å². The number of aromatic nitrogens is 1. The molecule has 1 N–H and O–H groups in total. The second-order valence-corrected chi connectivity index (χ2v) is 5.23. The highest BCUT2D eigenvalue weighted by Crippen LogP contribution is 2.20. The Labute approximate surface area is 114 Å². The van der Waals surface area contributed by atoms with Gasteiger partial charge in [0.25, 0.3) is 0 Å². The summed E-state index contributed by atoms with van der Waals surface area (Å²) >= 11 is 0. The van der Waals surface area contributed by atoms with Gasteiger partial charge in [0.1, 0.15) is 0 Å². The van der Waals surface area contributed by atoms with Gasteiger partial charge in [0.15, 0.2) is 0 Å². The SMILES string of the molecule is CCc1cncc2cc(CN3CCNCC3)ccc12. The predicted molar refractivity (Wildman–Crippen MR) is 79.3 cm³/mol. The molecule has 1 aliphatic heterocycles. The topological polar surface area (TPSA) is 28.2 Å². The smallest absolute Gasteiger partial charge is 0.0346 e. The van der Waals surface area contributed by atoms with Crippen molar-refractivity contribution in [2.75, 3.05) is 26.2 Å². The van der Waals surface area contributed by atoms with E-state index in [9.17, 15) is 0 Å². The van der Waals surface area contributed by atoms with E-state index in [0.29, 0.717) is 0 Å². The molecule has 1 fully saturated rings. The molecule has 19 heavy (non-hydrogen) atoms. The van der Waals surface area contributed by atoms with Gasteiger partial charge in [-0.3, -0.25) is 9.88 Å². The van der Waals surface area contributed by atoms with Crippen molar-refractivity contribution in [3.05, 3.63) is 41.7 Å². The second-order valence-electron chi connectivity index (χ2n) is 5.23. The fraction of sp³-hybridized carbons (Fsp3) is 0.438. The van der Waals surface area contributed by atoms with Crippen molar-refractivity contribution in [2.45, 2.75) is 19.9 Å². The maximum Gasteiger partial charge on any atom is 0.0346 e. The van der Waals surface area contributed by atoms with Crippen LogP contribution in [0.2, 0.25) is 0 Å². The van der Waals surface area contributed by atoms with Crippen molar-refractivity contribution < 1.29 is 0 Å². The number of hydrogen-bond donors (Lipinski definition) is 1. The van der Waals surface area contributed by atoms with Gasteiger partial charge in [-0.05, 0) is 29.0 Å². The monoisotopic (exact) mass is 255 g/mol. The molecule has 2 aromatic rings. The minimum atomic E-state index is 1.04. The first kappa shape index (κ1) is 12.6. The molecular formula is C16H21N3. The van der Waals surface area contributed by atoms with Crippen LogP contribution in [0.1, 0.15) is 18.1 Å². The van der Waals surface area contributed by atoms with Gasteiger partial charge in [-0.15, -0.1) is 0 Å². The lowest BCUT2D eigenvalue weighted by molar-refractivity contribution is 0.233. The summed E-state index contributed by atoms with van der Waals surface area (Å²) in [6.45, 7) is 7.74. The van der Waals surface area contributed by atoms with Crippen molar-refractivity contribution in [3.8, 4) is 0 Å². The van der Waals surface area contributed by atoms with E-state index in [2.05, 4.69) is 40.3 Å². The van der Waals surface area contributed by atoms with E-state index in [1.54, 1.807) is 0 Å². The summed E-state index contributed by atoms with van der Waals surface area (Å²) in [7, 11) is 0. The molecule has 0 aliphatic carbocycles. The van der Waals surface area contributed by atoms with Crippen LogP contribution in [0, 0.1) is 0 Å². The number of nitrogens with one attached hydrogen (secondary N) is 1. The summed E-state index contributed by atoms with van der Waals surface area (Å²) in [6.07, 6.45) is 5.01. The number of aryl methyl sites for hydroxylation is 1. The largest absolute Gasteiger partial charge is 0.314 e. The zero-order valence-electron chi connectivity index (χ0n) is 11.5. The molecule has 1 aromatic heterocycles. The third kappa shape index (κ3) is 2.77. The number of hydrogen-bond acceptors (Lipinski definition) is 3. The second kappa shape index (κ2) is 5.68. The minimum Gasteiger partial charge on any atom is -0.314 e. The molecule has 1 aliphatic rings. The number of piperazine rings is 1. The standard InChI is InChI=1S/C16H21N3/c1-2-14-10-18-11-15-9-13(3-4-16(14)15)12-19-7-5-17-6-8-19/h3-4,9-11,17H,2,5-8,12H2,1H3. The number of benzene rings is 1. The molecule has 3 heteroatoms. The number of nitrogens with zero attached hydrogens (tertiary/aromatic N) is 2. The van der Waals surface area contributed by atoms with Crippen LogP contribution >= 0.6 is 0 Å². The molecule has 3 nitrogen and oxygen atoms in total. The van der Waals surface area contributed by atoms with Gasteiger partial charge in [0.2, 0.25) is 0 Å². The molecule has 0 amide bonds. The molecule has 0 atom stereocenters. The Morgan fingerprint density at radius 3 is 2.84 bits per heavy atom. The molecule has 3 rings (SSSR count). The first-order valence-electron chi connectivity index (χ1n) is 7.15. The van der Waals surface area contributed by atoms with Crippen molar-refractivity contribution in [1.29, 1.82) is 0 Å². The zero-order chi connectivity index (χ0) is 13.1. The molecule has 0 spiro atoms. The fourth-order valence-corrected chi connectivity index (χ4v) is 2.80. The van der Waals surface area contributed by atoms with Gasteiger partial charge in [-0.25, -0.2) is 0 Å². The maximum atomic E-state index is 4.35. The van der Waals surface area contributed by atoms with E-state index in [1.807, 2.05) is 12.4 Å².